The lowest BCUT2D eigenvalue weighted by Crippen LogP contribution is -2.32. The molecular formula is C20H18BrN3O2. The van der Waals surface area contributed by atoms with Crippen LogP contribution in [-0.2, 0) is 4.74 Å². The van der Waals surface area contributed by atoms with Crippen molar-refractivity contribution in [1.82, 2.24) is 15.1 Å². The fourth-order valence-corrected chi connectivity index (χ4v) is 3.69. The molecular weight excluding hydrogens is 394 g/mol. The molecule has 132 valence electrons. The largest absolute Gasteiger partial charge is 0.383 e. The second kappa shape index (κ2) is 7.05. The highest BCUT2D eigenvalue weighted by molar-refractivity contribution is 9.10. The molecule has 0 fully saturated rings. The first-order chi connectivity index (χ1) is 12.7. The summed E-state index contributed by atoms with van der Waals surface area (Å²) >= 11 is 3.48. The molecule has 1 aromatic heterocycles. The molecule has 3 aromatic rings. The third-order valence-corrected chi connectivity index (χ3v) is 5.16. The quantitative estimate of drug-likeness (QED) is 0.689. The second-order valence-electron chi connectivity index (χ2n) is 6.17. The van der Waals surface area contributed by atoms with Gasteiger partial charge in [0.05, 0.1) is 18.3 Å². The van der Waals surface area contributed by atoms with Gasteiger partial charge in [-0.25, -0.2) is 0 Å². The van der Waals surface area contributed by atoms with Crippen LogP contribution in [0.5, 0.6) is 0 Å². The number of H-pyrrole nitrogens is 1. The molecule has 2 aromatic carbocycles. The summed E-state index contributed by atoms with van der Waals surface area (Å²) in [6.07, 6.45) is 0. The number of nitrogens with one attached hydrogen (secondary N) is 1. The standard InChI is InChI=1S/C20H18BrN3O2/c1-26-12-11-24-19(14-7-9-15(21)10-8-14)16-17(13-5-3-2-4-6-13)22-23-18(16)20(24)25/h2-10,19H,11-12H2,1H3,(H,22,23). The average Bonchev–Trinajstić information content (AvgIpc) is 3.21. The SMILES string of the molecule is COCCN1C(=O)c2[nH]nc(-c3ccccc3)c2C1c1ccc(Br)cc1. The summed E-state index contributed by atoms with van der Waals surface area (Å²) in [4.78, 5) is 14.8. The predicted molar refractivity (Wildman–Crippen MR) is 103 cm³/mol. The number of nitrogens with zero attached hydrogens (tertiary/aromatic N) is 2. The predicted octanol–water partition coefficient (Wildman–Crippen LogP) is 4.03. The normalized spacial score (nSPS) is 16.2. The molecule has 1 unspecified atom stereocenters. The third kappa shape index (κ3) is 2.85. The number of fused-ring (bicyclic) bond motifs is 1. The van der Waals surface area contributed by atoms with Crippen LogP contribution in [0.4, 0.5) is 0 Å². The molecule has 5 nitrogen and oxygen atoms in total. The van der Waals surface area contributed by atoms with E-state index in [0.29, 0.717) is 18.8 Å². The summed E-state index contributed by atoms with van der Waals surface area (Å²) in [6, 6.07) is 17.8. The van der Waals surface area contributed by atoms with Crippen LogP contribution in [0, 0.1) is 0 Å². The fraction of sp³-hybridized carbons (Fsp3) is 0.200. The Morgan fingerprint density at radius 1 is 1.15 bits per heavy atom. The Balaban J connectivity index is 1.85. The minimum Gasteiger partial charge on any atom is -0.383 e. The van der Waals surface area contributed by atoms with Gasteiger partial charge in [0.15, 0.2) is 0 Å². The molecule has 1 atom stereocenters. The Morgan fingerprint density at radius 2 is 1.88 bits per heavy atom. The monoisotopic (exact) mass is 411 g/mol. The van der Waals surface area contributed by atoms with Gasteiger partial charge in [-0.05, 0) is 17.7 Å². The maximum atomic E-state index is 13.0. The molecule has 0 spiro atoms. The molecule has 0 saturated heterocycles. The maximum Gasteiger partial charge on any atom is 0.273 e. The number of amides is 1. The molecule has 0 bridgehead atoms. The highest BCUT2D eigenvalue weighted by Crippen LogP contribution is 2.42. The second-order valence-corrected chi connectivity index (χ2v) is 7.09. The lowest BCUT2D eigenvalue weighted by Gasteiger charge is -2.26. The van der Waals surface area contributed by atoms with Crippen molar-refractivity contribution in [3.8, 4) is 11.3 Å². The van der Waals surface area contributed by atoms with E-state index in [1.54, 1.807) is 7.11 Å². The van der Waals surface area contributed by atoms with Crippen molar-refractivity contribution in [3.63, 3.8) is 0 Å². The number of hydrogen-bond acceptors (Lipinski definition) is 3. The van der Waals surface area contributed by atoms with Gasteiger partial charge in [-0.15, -0.1) is 0 Å². The first kappa shape index (κ1) is 17.0. The minimum atomic E-state index is -0.185. The van der Waals surface area contributed by atoms with Gasteiger partial charge in [0.2, 0.25) is 0 Å². The van der Waals surface area contributed by atoms with Gasteiger partial charge in [-0.1, -0.05) is 58.4 Å². The van der Waals surface area contributed by atoms with Crippen LogP contribution in [0.3, 0.4) is 0 Å². The third-order valence-electron chi connectivity index (χ3n) is 4.63. The van der Waals surface area contributed by atoms with E-state index in [0.717, 1.165) is 26.9 Å². The van der Waals surface area contributed by atoms with E-state index in [4.69, 9.17) is 4.74 Å². The zero-order chi connectivity index (χ0) is 18.1. The summed E-state index contributed by atoms with van der Waals surface area (Å²) in [6.45, 7) is 1.00. The fourth-order valence-electron chi connectivity index (χ4n) is 3.42. The van der Waals surface area contributed by atoms with E-state index < -0.39 is 0 Å². The molecule has 1 amide bonds. The summed E-state index contributed by atoms with van der Waals surface area (Å²) < 4.78 is 6.22. The summed E-state index contributed by atoms with van der Waals surface area (Å²) in [5, 5.41) is 7.41. The van der Waals surface area contributed by atoms with Gasteiger partial charge in [-0.3, -0.25) is 9.89 Å². The number of aromatic amines is 1. The van der Waals surface area contributed by atoms with E-state index in [1.807, 2.05) is 59.5 Å². The van der Waals surface area contributed by atoms with Gasteiger partial charge in [0, 0.05) is 29.3 Å². The van der Waals surface area contributed by atoms with Crippen molar-refractivity contribution >= 4 is 21.8 Å². The summed E-state index contributed by atoms with van der Waals surface area (Å²) in [7, 11) is 1.64. The number of carbonyl (C=O) groups is 1. The molecule has 0 radical (unpaired) electrons. The lowest BCUT2D eigenvalue weighted by molar-refractivity contribution is 0.0677. The smallest absolute Gasteiger partial charge is 0.273 e. The number of aromatic nitrogens is 2. The van der Waals surface area contributed by atoms with Crippen molar-refractivity contribution in [2.45, 2.75) is 6.04 Å². The molecule has 6 heteroatoms. The van der Waals surface area contributed by atoms with Gasteiger partial charge >= 0.3 is 0 Å². The van der Waals surface area contributed by atoms with Crippen molar-refractivity contribution in [2.75, 3.05) is 20.3 Å². The molecule has 1 aliphatic rings. The van der Waals surface area contributed by atoms with Crippen LogP contribution in [0.25, 0.3) is 11.3 Å². The van der Waals surface area contributed by atoms with Crippen LogP contribution >= 0.6 is 15.9 Å². The zero-order valence-corrected chi connectivity index (χ0v) is 15.9. The van der Waals surface area contributed by atoms with Crippen LogP contribution in [-0.4, -0.2) is 41.3 Å². The Bertz CT molecular complexity index is 922. The van der Waals surface area contributed by atoms with E-state index in [-0.39, 0.29) is 11.9 Å². The molecule has 1 aliphatic heterocycles. The minimum absolute atomic E-state index is 0.0420. The number of carbonyl (C=O) groups excluding carboxylic acids is 1. The van der Waals surface area contributed by atoms with E-state index in [2.05, 4.69) is 26.1 Å². The topological polar surface area (TPSA) is 58.2 Å². The van der Waals surface area contributed by atoms with Crippen molar-refractivity contribution in [1.29, 1.82) is 0 Å². The number of benzene rings is 2. The van der Waals surface area contributed by atoms with Gasteiger partial charge in [-0.2, -0.15) is 5.10 Å². The van der Waals surface area contributed by atoms with Crippen molar-refractivity contribution < 1.29 is 9.53 Å². The highest BCUT2D eigenvalue weighted by Gasteiger charge is 2.41. The van der Waals surface area contributed by atoms with Crippen LogP contribution in [0.2, 0.25) is 0 Å². The van der Waals surface area contributed by atoms with E-state index in [9.17, 15) is 4.79 Å². The van der Waals surface area contributed by atoms with E-state index in [1.165, 1.54) is 0 Å². The highest BCUT2D eigenvalue weighted by atomic mass is 79.9. The molecule has 0 aliphatic carbocycles. The first-order valence-electron chi connectivity index (χ1n) is 8.39. The molecule has 1 N–H and O–H groups in total. The Labute approximate surface area is 160 Å². The van der Waals surface area contributed by atoms with Crippen LogP contribution < -0.4 is 0 Å². The number of halogens is 1. The molecule has 0 saturated carbocycles. The summed E-state index contributed by atoms with van der Waals surface area (Å²) in [5.74, 6) is -0.0420. The number of methoxy groups -OCH3 is 1. The van der Waals surface area contributed by atoms with Crippen LogP contribution in [0.15, 0.2) is 59.1 Å². The maximum absolute atomic E-state index is 13.0. The zero-order valence-electron chi connectivity index (χ0n) is 14.3. The lowest BCUT2D eigenvalue weighted by atomic mass is 9.96. The average molecular weight is 412 g/mol. The molecule has 4 rings (SSSR count). The van der Waals surface area contributed by atoms with Crippen molar-refractivity contribution in [2.24, 2.45) is 0 Å². The Morgan fingerprint density at radius 3 is 2.58 bits per heavy atom. The molecule has 26 heavy (non-hydrogen) atoms. The Kier molecular flexibility index (Phi) is 4.61. The summed E-state index contributed by atoms with van der Waals surface area (Å²) in [5.41, 5.74) is 4.36. The Hall–Kier alpha value is -2.44. The van der Waals surface area contributed by atoms with Gasteiger partial charge in [0.25, 0.3) is 5.91 Å². The first-order valence-corrected chi connectivity index (χ1v) is 9.19. The number of rotatable bonds is 5. The van der Waals surface area contributed by atoms with Gasteiger partial charge < -0.3 is 9.64 Å². The van der Waals surface area contributed by atoms with Gasteiger partial charge in [0.1, 0.15) is 5.69 Å². The van der Waals surface area contributed by atoms with Crippen molar-refractivity contribution in [3.05, 3.63) is 75.9 Å². The molecule has 2 heterocycles. The van der Waals surface area contributed by atoms with E-state index >= 15 is 0 Å². The number of ether oxygens (including phenoxy) is 1. The van der Waals surface area contributed by atoms with Crippen LogP contribution in [0.1, 0.15) is 27.7 Å². The number of hydrogen-bond donors (Lipinski definition) is 1.